The summed E-state index contributed by atoms with van der Waals surface area (Å²) in [4.78, 5) is 11.2. The molecule has 0 aromatic heterocycles. The fourth-order valence-electron chi connectivity index (χ4n) is 1.14. The maximum Gasteiger partial charge on any atom is 0.266 e. The maximum absolute atomic E-state index is 11.2. The smallest absolute Gasteiger partial charge is 0.266 e. The van der Waals surface area contributed by atoms with Crippen molar-refractivity contribution in [3.05, 3.63) is 29.8 Å². The number of nitrogens with one attached hydrogen (secondary N) is 1. The Labute approximate surface area is 100 Å². The molecule has 0 heterocycles. The highest BCUT2D eigenvalue weighted by atomic mass is 16.5. The van der Waals surface area contributed by atoms with Gasteiger partial charge in [0, 0.05) is 6.61 Å². The first kappa shape index (κ1) is 13.2. The van der Waals surface area contributed by atoms with Crippen LogP contribution in [0.3, 0.4) is 0 Å². The van der Waals surface area contributed by atoms with Gasteiger partial charge in [0.25, 0.3) is 5.91 Å². The molecule has 0 unspecified atom stereocenters. The molecule has 5 heteroatoms. The molecule has 17 heavy (non-hydrogen) atoms. The molecule has 0 aliphatic carbocycles. The van der Waals surface area contributed by atoms with Crippen LogP contribution >= 0.6 is 0 Å². The highest BCUT2D eigenvalue weighted by molar-refractivity contribution is 5.99. The van der Waals surface area contributed by atoms with Gasteiger partial charge in [-0.3, -0.25) is 4.79 Å². The summed E-state index contributed by atoms with van der Waals surface area (Å²) in [7, 11) is 0. The van der Waals surface area contributed by atoms with Crippen LogP contribution in [-0.4, -0.2) is 29.9 Å². The van der Waals surface area contributed by atoms with Crippen LogP contribution in [0.1, 0.15) is 19.4 Å². The number of rotatable bonds is 5. The number of carbonyl (C=O) groups is 1. The Morgan fingerprint density at radius 3 is 2.65 bits per heavy atom. The highest BCUT2D eigenvalue weighted by Crippen LogP contribution is 2.10. The van der Waals surface area contributed by atoms with Gasteiger partial charge in [0.2, 0.25) is 0 Å². The monoisotopic (exact) mass is 236 g/mol. The second-order valence-corrected chi connectivity index (χ2v) is 3.42. The number of ether oxygens (including phenoxy) is 1. The van der Waals surface area contributed by atoms with Gasteiger partial charge < -0.3 is 9.84 Å². The summed E-state index contributed by atoms with van der Waals surface area (Å²) in [6, 6.07) is 6.58. The number of carbonyl (C=O) groups excluding carboxylic acids is 1. The summed E-state index contributed by atoms with van der Waals surface area (Å²) in [5, 5.41) is 13.1. The molecule has 1 aromatic rings. The number of aromatic hydroxyl groups is 1. The zero-order chi connectivity index (χ0) is 12.7. The summed E-state index contributed by atoms with van der Waals surface area (Å²) in [5.74, 6) is -0.0908. The Morgan fingerprint density at radius 2 is 2.06 bits per heavy atom. The van der Waals surface area contributed by atoms with Crippen molar-refractivity contribution in [3.8, 4) is 5.75 Å². The van der Waals surface area contributed by atoms with Gasteiger partial charge in [-0.25, -0.2) is 5.43 Å². The fraction of sp³-hybridized carbons (Fsp3) is 0.333. The Morgan fingerprint density at radius 1 is 1.41 bits per heavy atom. The molecule has 1 amide bonds. The number of benzene rings is 1. The second kappa shape index (κ2) is 6.65. The minimum atomic E-state index is -0.287. The molecule has 0 radical (unpaired) electrons. The van der Waals surface area contributed by atoms with Gasteiger partial charge in [-0.15, -0.1) is 0 Å². The van der Waals surface area contributed by atoms with Gasteiger partial charge in [0.15, 0.2) is 0 Å². The van der Waals surface area contributed by atoms with E-state index in [9.17, 15) is 4.79 Å². The van der Waals surface area contributed by atoms with E-state index in [4.69, 9.17) is 9.84 Å². The second-order valence-electron chi connectivity index (χ2n) is 3.42. The Hall–Kier alpha value is -1.88. The van der Waals surface area contributed by atoms with Gasteiger partial charge >= 0.3 is 0 Å². The number of phenolic OH excluding ortho intramolecular Hbond substituents is 1. The first-order chi connectivity index (χ1) is 8.13. The number of nitrogens with zero attached hydrogens (tertiary/aromatic N) is 1. The van der Waals surface area contributed by atoms with Crippen LogP contribution < -0.4 is 5.43 Å². The molecule has 2 N–H and O–H groups in total. The Kier molecular flexibility index (Phi) is 5.16. The molecule has 0 fully saturated rings. The molecule has 0 spiro atoms. The molecule has 0 atom stereocenters. The molecule has 92 valence electrons. The standard InChI is InChI=1S/C12H16N2O3/c1-3-17-8-12(16)14-13-9(2)10-4-6-11(15)7-5-10/h4-7,15H,3,8H2,1-2H3,(H,14,16)/b13-9+. The molecule has 0 aliphatic heterocycles. The number of hydrazone groups is 1. The first-order valence-electron chi connectivity index (χ1n) is 5.33. The van der Waals surface area contributed by atoms with Gasteiger partial charge in [-0.2, -0.15) is 5.10 Å². The number of phenols is 1. The van der Waals surface area contributed by atoms with Crippen molar-refractivity contribution in [2.45, 2.75) is 13.8 Å². The normalized spacial score (nSPS) is 11.3. The highest BCUT2D eigenvalue weighted by Gasteiger charge is 2.00. The molecule has 0 saturated heterocycles. The van der Waals surface area contributed by atoms with Crippen molar-refractivity contribution < 1.29 is 14.6 Å². The van der Waals surface area contributed by atoms with Crippen molar-refractivity contribution in [2.75, 3.05) is 13.2 Å². The maximum atomic E-state index is 11.2. The lowest BCUT2D eigenvalue weighted by Crippen LogP contribution is -2.24. The zero-order valence-corrected chi connectivity index (χ0v) is 9.93. The molecule has 0 saturated carbocycles. The summed E-state index contributed by atoms with van der Waals surface area (Å²) >= 11 is 0. The van der Waals surface area contributed by atoms with Crippen molar-refractivity contribution >= 4 is 11.6 Å². The molecule has 0 bridgehead atoms. The number of hydrogen-bond acceptors (Lipinski definition) is 4. The minimum Gasteiger partial charge on any atom is -0.508 e. The average Bonchev–Trinajstić information content (AvgIpc) is 2.34. The van der Waals surface area contributed by atoms with E-state index in [0.717, 1.165) is 5.56 Å². The predicted molar refractivity (Wildman–Crippen MR) is 65.0 cm³/mol. The van der Waals surface area contributed by atoms with E-state index in [1.165, 1.54) is 0 Å². The van der Waals surface area contributed by atoms with Gasteiger partial charge in [0.1, 0.15) is 12.4 Å². The van der Waals surface area contributed by atoms with Crippen LogP contribution in [0.5, 0.6) is 5.75 Å². The predicted octanol–water partition coefficient (Wildman–Crippen LogP) is 1.27. The van der Waals surface area contributed by atoms with Crippen LogP contribution in [0.4, 0.5) is 0 Å². The van der Waals surface area contributed by atoms with E-state index >= 15 is 0 Å². The van der Waals surface area contributed by atoms with Crippen LogP contribution in [0.25, 0.3) is 0 Å². The van der Waals surface area contributed by atoms with Crippen LogP contribution in [0, 0.1) is 0 Å². The van der Waals surface area contributed by atoms with Gasteiger partial charge in [-0.1, -0.05) is 0 Å². The number of hydrogen-bond donors (Lipinski definition) is 2. The molecule has 0 aliphatic rings. The topological polar surface area (TPSA) is 70.9 Å². The number of amides is 1. The van der Waals surface area contributed by atoms with Crippen molar-refractivity contribution in [1.82, 2.24) is 5.43 Å². The third-order valence-corrected chi connectivity index (χ3v) is 2.07. The van der Waals surface area contributed by atoms with Crippen LogP contribution in [-0.2, 0) is 9.53 Å². The summed E-state index contributed by atoms with van der Waals surface area (Å²) in [6.45, 7) is 4.09. The van der Waals surface area contributed by atoms with E-state index < -0.39 is 0 Å². The molecular weight excluding hydrogens is 220 g/mol. The van der Waals surface area contributed by atoms with E-state index in [0.29, 0.717) is 12.3 Å². The summed E-state index contributed by atoms with van der Waals surface area (Å²) in [6.07, 6.45) is 0. The Bertz CT molecular complexity index is 399. The fourth-order valence-corrected chi connectivity index (χ4v) is 1.14. The minimum absolute atomic E-state index is 0.00284. The lowest BCUT2D eigenvalue weighted by molar-refractivity contribution is -0.125. The van der Waals surface area contributed by atoms with E-state index in [-0.39, 0.29) is 18.3 Å². The lowest BCUT2D eigenvalue weighted by Gasteiger charge is -2.03. The van der Waals surface area contributed by atoms with Gasteiger partial charge in [-0.05, 0) is 43.7 Å². The van der Waals surface area contributed by atoms with Gasteiger partial charge in [0.05, 0.1) is 5.71 Å². The van der Waals surface area contributed by atoms with Crippen LogP contribution in [0.2, 0.25) is 0 Å². The van der Waals surface area contributed by atoms with Crippen molar-refractivity contribution in [1.29, 1.82) is 0 Å². The van der Waals surface area contributed by atoms with E-state index in [1.54, 1.807) is 31.2 Å². The van der Waals surface area contributed by atoms with Crippen molar-refractivity contribution in [2.24, 2.45) is 5.10 Å². The zero-order valence-electron chi connectivity index (χ0n) is 9.93. The van der Waals surface area contributed by atoms with E-state index in [2.05, 4.69) is 10.5 Å². The third-order valence-electron chi connectivity index (χ3n) is 2.07. The largest absolute Gasteiger partial charge is 0.508 e. The SMILES string of the molecule is CCOCC(=O)N/N=C(\C)c1ccc(O)cc1. The quantitative estimate of drug-likeness (QED) is 0.597. The van der Waals surface area contributed by atoms with E-state index in [1.807, 2.05) is 6.92 Å². The Balaban J connectivity index is 2.54. The van der Waals surface area contributed by atoms with Crippen LogP contribution in [0.15, 0.2) is 29.4 Å². The lowest BCUT2D eigenvalue weighted by atomic mass is 10.1. The average molecular weight is 236 g/mol. The molecular formula is C12H16N2O3. The first-order valence-corrected chi connectivity index (χ1v) is 5.33. The summed E-state index contributed by atoms with van der Waals surface area (Å²) in [5.41, 5.74) is 3.89. The molecule has 5 nitrogen and oxygen atoms in total. The summed E-state index contributed by atoms with van der Waals surface area (Å²) < 4.78 is 4.93. The molecule has 1 aromatic carbocycles. The third kappa shape index (κ3) is 4.65. The molecule has 1 rings (SSSR count). The van der Waals surface area contributed by atoms with Crippen molar-refractivity contribution in [3.63, 3.8) is 0 Å².